The van der Waals surface area contributed by atoms with E-state index in [4.69, 9.17) is 9.47 Å². The summed E-state index contributed by atoms with van der Waals surface area (Å²) in [5.74, 6) is -0.553. The Morgan fingerprint density at radius 3 is 2.39 bits per heavy atom. The predicted molar refractivity (Wildman–Crippen MR) is 74.3 cm³/mol. The Morgan fingerprint density at radius 2 is 1.78 bits per heavy atom. The van der Waals surface area contributed by atoms with E-state index >= 15 is 0 Å². The summed E-state index contributed by atoms with van der Waals surface area (Å²) in [6, 6.07) is 0. The van der Waals surface area contributed by atoms with Crippen molar-refractivity contribution in [2.24, 2.45) is 5.41 Å². The molecule has 1 fully saturated rings. The van der Waals surface area contributed by atoms with Gasteiger partial charge >= 0.3 is 0 Å². The van der Waals surface area contributed by atoms with Crippen molar-refractivity contribution in [1.82, 2.24) is 0 Å². The molecule has 0 N–H and O–H groups in total. The van der Waals surface area contributed by atoms with E-state index in [1.54, 1.807) is 0 Å². The van der Waals surface area contributed by atoms with Crippen LogP contribution in [0.5, 0.6) is 0 Å². The van der Waals surface area contributed by atoms with E-state index < -0.39 is 5.79 Å². The van der Waals surface area contributed by atoms with E-state index in [0.29, 0.717) is 13.2 Å². The van der Waals surface area contributed by atoms with Crippen LogP contribution < -0.4 is 0 Å². The van der Waals surface area contributed by atoms with Crippen molar-refractivity contribution in [2.75, 3.05) is 13.2 Å². The van der Waals surface area contributed by atoms with Crippen molar-refractivity contribution in [3.63, 3.8) is 0 Å². The standard InChI is InChI=1S/C16H24O2/c1-12-6-8-15(3,4)14(13(12)2)7-9-16(5)17-10-11-18-16/h7,9H,1,6,8,10-11H2,2-5H3/b9-7+. The monoisotopic (exact) mass is 248 g/mol. The normalized spacial score (nSPS) is 27.2. The van der Waals surface area contributed by atoms with Gasteiger partial charge < -0.3 is 9.47 Å². The molecule has 2 heteroatoms. The van der Waals surface area contributed by atoms with Gasteiger partial charge in [-0.25, -0.2) is 0 Å². The van der Waals surface area contributed by atoms with Crippen molar-refractivity contribution in [3.05, 3.63) is 35.5 Å². The zero-order valence-electron chi connectivity index (χ0n) is 12.0. The van der Waals surface area contributed by atoms with E-state index in [9.17, 15) is 0 Å². The number of hydrogen-bond donors (Lipinski definition) is 0. The second kappa shape index (κ2) is 4.67. The number of ether oxygens (including phenoxy) is 2. The minimum absolute atomic E-state index is 0.205. The zero-order valence-corrected chi connectivity index (χ0v) is 12.0. The molecule has 0 aromatic rings. The number of allylic oxidation sites excluding steroid dienone is 4. The minimum Gasteiger partial charge on any atom is -0.344 e. The molecule has 0 bridgehead atoms. The van der Waals surface area contributed by atoms with Crippen molar-refractivity contribution in [1.29, 1.82) is 0 Å². The predicted octanol–water partition coefficient (Wildman–Crippen LogP) is 4.00. The molecule has 0 spiro atoms. The molecule has 1 aliphatic carbocycles. The lowest BCUT2D eigenvalue weighted by Gasteiger charge is -2.34. The van der Waals surface area contributed by atoms with Crippen LogP contribution >= 0.6 is 0 Å². The van der Waals surface area contributed by atoms with Crippen LogP contribution in [0.15, 0.2) is 35.5 Å². The summed E-state index contributed by atoms with van der Waals surface area (Å²) >= 11 is 0. The molecule has 1 aliphatic heterocycles. The average molecular weight is 248 g/mol. The molecule has 0 atom stereocenters. The van der Waals surface area contributed by atoms with Gasteiger partial charge in [0.05, 0.1) is 13.2 Å². The number of hydrogen-bond acceptors (Lipinski definition) is 2. The molecule has 18 heavy (non-hydrogen) atoms. The smallest absolute Gasteiger partial charge is 0.185 e. The molecule has 2 rings (SSSR count). The first-order valence-corrected chi connectivity index (χ1v) is 6.71. The lowest BCUT2D eigenvalue weighted by Crippen LogP contribution is -2.24. The zero-order chi connectivity index (χ0) is 13.4. The van der Waals surface area contributed by atoms with E-state index in [1.807, 2.05) is 13.0 Å². The Labute approximate surface area is 110 Å². The topological polar surface area (TPSA) is 18.5 Å². The second-order valence-corrected chi connectivity index (χ2v) is 6.07. The summed E-state index contributed by atoms with van der Waals surface area (Å²) in [4.78, 5) is 0. The molecular formula is C16H24O2. The SMILES string of the molecule is C=C1CCC(C)(C)C(/C=C/C2(C)OCCO2)=C1C. The van der Waals surface area contributed by atoms with Gasteiger partial charge in [0.15, 0.2) is 5.79 Å². The molecule has 0 radical (unpaired) electrons. The summed E-state index contributed by atoms with van der Waals surface area (Å²) in [5, 5.41) is 0. The van der Waals surface area contributed by atoms with Gasteiger partial charge in [-0.3, -0.25) is 0 Å². The van der Waals surface area contributed by atoms with Crippen LogP contribution in [0, 0.1) is 5.41 Å². The fourth-order valence-electron chi connectivity index (χ4n) is 2.70. The van der Waals surface area contributed by atoms with Gasteiger partial charge in [-0.15, -0.1) is 0 Å². The van der Waals surface area contributed by atoms with Crippen LogP contribution in [0.2, 0.25) is 0 Å². The minimum atomic E-state index is -0.553. The molecule has 1 saturated heterocycles. The lowest BCUT2D eigenvalue weighted by molar-refractivity contribution is -0.0997. The van der Waals surface area contributed by atoms with Crippen LogP contribution in [-0.2, 0) is 9.47 Å². The maximum atomic E-state index is 5.61. The summed E-state index contributed by atoms with van der Waals surface area (Å²) < 4.78 is 11.2. The lowest BCUT2D eigenvalue weighted by atomic mass is 9.71. The Bertz CT molecular complexity index is 407. The van der Waals surface area contributed by atoms with Gasteiger partial charge in [0.2, 0.25) is 0 Å². The maximum absolute atomic E-state index is 5.61. The Morgan fingerprint density at radius 1 is 1.17 bits per heavy atom. The molecule has 100 valence electrons. The molecule has 0 unspecified atom stereocenters. The van der Waals surface area contributed by atoms with Gasteiger partial charge in [0.1, 0.15) is 0 Å². The molecule has 0 aromatic heterocycles. The summed E-state index contributed by atoms with van der Waals surface area (Å²) in [6.07, 6.45) is 6.46. The first-order valence-electron chi connectivity index (χ1n) is 6.71. The third-order valence-electron chi connectivity index (χ3n) is 4.13. The number of rotatable bonds is 2. The Hall–Kier alpha value is -0.860. The molecule has 0 amide bonds. The fourth-order valence-corrected chi connectivity index (χ4v) is 2.70. The van der Waals surface area contributed by atoms with Crippen LogP contribution in [0.1, 0.15) is 40.5 Å². The third-order valence-corrected chi connectivity index (χ3v) is 4.13. The largest absolute Gasteiger partial charge is 0.344 e. The molecule has 1 heterocycles. The second-order valence-electron chi connectivity index (χ2n) is 6.07. The molecule has 0 saturated carbocycles. The quantitative estimate of drug-likeness (QED) is 0.735. The maximum Gasteiger partial charge on any atom is 0.185 e. The summed E-state index contributed by atoms with van der Waals surface area (Å²) in [7, 11) is 0. The summed E-state index contributed by atoms with van der Waals surface area (Å²) in [6.45, 7) is 14.2. The van der Waals surface area contributed by atoms with E-state index in [1.165, 1.54) is 16.7 Å². The van der Waals surface area contributed by atoms with Gasteiger partial charge in [0, 0.05) is 0 Å². The molecule has 0 aromatic carbocycles. The van der Waals surface area contributed by atoms with Crippen LogP contribution in [0.3, 0.4) is 0 Å². The van der Waals surface area contributed by atoms with Crippen molar-refractivity contribution >= 4 is 0 Å². The third kappa shape index (κ3) is 2.60. The van der Waals surface area contributed by atoms with E-state index in [-0.39, 0.29) is 5.41 Å². The highest BCUT2D eigenvalue weighted by Gasteiger charge is 2.31. The van der Waals surface area contributed by atoms with Gasteiger partial charge in [-0.05, 0) is 49.3 Å². The average Bonchev–Trinajstić information content (AvgIpc) is 2.71. The Kier molecular flexibility index (Phi) is 3.52. The van der Waals surface area contributed by atoms with E-state index in [2.05, 4.69) is 33.4 Å². The van der Waals surface area contributed by atoms with E-state index in [0.717, 1.165) is 12.8 Å². The first-order chi connectivity index (χ1) is 8.34. The summed E-state index contributed by atoms with van der Waals surface area (Å²) in [5.41, 5.74) is 4.15. The highest BCUT2D eigenvalue weighted by Crippen LogP contribution is 2.43. The highest BCUT2D eigenvalue weighted by atomic mass is 16.7. The Balaban J connectivity index is 2.27. The van der Waals surface area contributed by atoms with Crippen LogP contribution in [0.4, 0.5) is 0 Å². The van der Waals surface area contributed by atoms with Gasteiger partial charge in [-0.2, -0.15) is 0 Å². The van der Waals surface area contributed by atoms with Crippen LogP contribution in [-0.4, -0.2) is 19.0 Å². The molecule has 2 aliphatic rings. The molecular weight excluding hydrogens is 224 g/mol. The fraction of sp³-hybridized carbons (Fsp3) is 0.625. The molecule has 2 nitrogen and oxygen atoms in total. The van der Waals surface area contributed by atoms with Crippen molar-refractivity contribution in [2.45, 2.75) is 46.3 Å². The van der Waals surface area contributed by atoms with Crippen molar-refractivity contribution < 1.29 is 9.47 Å². The highest BCUT2D eigenvalue weighted by molar-refractivity contribution is 5.44. The van der Waals surface area contributed by atoms with Crippen molar-refractivity contribution in [3.8, 4) is 0 Å². The van der Waals surface area contributed by atoms with Gasteiger partial charge in [-0.1, -0.05) is 32.1 Å². The van der Waals surface area contributed by atoms with Gasteiger partial charge in [0.25, 0.3) is 0 Å². The first kappa shape index (κ1) is 13.6. The van der Waals surface area contributed by atoms with Crippen LogP contribution in [0.25, 0.3) is 0 Å².